The van der Waals surface area contributed by atoms with Crippen LogP contribution in [0.5, 0.6) is 0 Å². The summed E-state index contributed by atoms with van der Waals surface area (Å²) < 4.78 is 0. The van der Waals surface area contributed by atoms with Crippen LogP contribution in [-0.4, -0.2) is 6.04 Å². The molecule has 1 N–H and O–H groups in total. The fourth-order valence-corrected chi connectivity index (χ4v) is 2.77. The van der Waals surface area contributed by atoms with Crippen LogP contribution in [0, 0.1) is 11.8 Å². The SMILES string of the molecule is C=C(NC1CCC[C@H](C)C1)C1C=CC=CC1. The summed E-state index contributed by atoms with van der Waals surface area (Å²) in [5, 5.41) is 3.64. The first kappa shape index (κ1) is 11.5. The van der Waals surface area contributed by atoms with Gasteiger partial charge in [0.15, 0.2) is 0 Å². The zero-order chi connectivity index (χ0) is 11.4. The molecule has 0 aromatic carbocycles. The third-order valence-electron chi connectivity index (χ3n) is 3.75. The lowest BCUT2D eigenvalue weighted by Gasteiger charge is -2.30. The molecule has 1 heteroatoms. The molecular weight excluding hydrogens is 194 g/mol. The van der Waals surface area contributed by atoms with Crippen LogP contribution in [0.15, 0.2) is 36.6 Å². The van der Waals surface area contributed by atoms with Gasteiger partial charge < -0.3 is 5.32 Å². The standard InChI is InChI=1S/C15H23N/c1-12-7-6-10-15(11-12)16-13(2)14-8-4-3-5-9-14/h3-5,8,12,14-16H,2,6-7,9-11H2,1H3/t12-,14?,15?/m0/s1. The van der Waals surface area contributed by atoms with E-state index in [1.807, 2.05) is 0 Å². The van der Waals surface area contributed by atoms with Gasteiger partial charge in [0.05, 0.1) is 0 Å². The van der Waals surface area contributed by atoms with E-state index in [0.717, 1.165) is 12.3 Å². The summed E-state index contributed by atoms with van der Waals surface area (Å²) in [5.41, 5.74) is 1.21. The van der Waals surface area contributed by atoms with Crippen molar-refractivity contribution in [3.8, 4) is 0 Å². The Hall–Kier alpha value is -0.980. The molecule has 0 aromatic heterocycles. The average molecular weight is 217 g/mol. The molecule has 88 valence electrons. The van der Waals surface area contributed by atoms with Crippen LogP contribution >= 0.6 is 0 Å². The number of nitrogens with one attached hydrogen (secondary N) is 1. The van der Waals surface area contributed by atoms with E-state index in [-0.39, 0.29) is 0 Å². The fraction of sp³-hybridized carbons (Fsp3) is 0.600. The molecular formula is C15H23N. The second kappa shape index (κ2) is 5.38. The molecule has 1 nitrogen and oxygen atoms in total. The van der Waals surface area contributed by atoms with Gasteiger partial charge in [0.25, 0.3) is 0 Å². The van der Waals surface area contributed by atoms with E-state index in [1.54, 1.807) is 0 Å². The van der Waals surface area contributed by atoms with Crippen LogP contribution in [0.3, 0.4) is 0 Å². The molecule has 0 aliphatic heterocycles. The van der Waals surface area contributed by atoms with Gasteiger partial charge in [-0.15, -0.1) is 0 Å². The lowest BCUT2D eigenvalue weighted by atomic mass is 9.86. The summed E-state index contributed by atoms with van der Waals surface area (Å²) >= 11 is 0. The maximum atomic E-state index is 4.20. The second-order valence-electron chi connectivity index (χ2n) is 5.29. The minimum absolute atomic E-state index is 0.502. The van der Waals surface area contributed by atoms with Crippen LogP contribution in [0.25, 0.3) is 0 Å². The Morgan fingerprint density at radius 3 is 2.88 bits per heavy atom. The number of hydrogen-bond donors (Lipinski definition) is 1. The molecule has 0 aromatic rings. The molecule has 0 radical (unpaired) electrons. The monoisotopic (exact) mass is 217 g/mol. The third-order valence-corrected chi connectivity index (χ3v) is 3.75. The smallest absolute Gasteiger partial charge is 0.0260 e. The Balaban J connectivity index is 1.82. The van der Waals surface area contributed by atoms with Gasteiger partial charge in [-0.2, -0.15) is 0 Å². The molecule has 0 bridgehead atoms. The number of hydrogen-bond acceptors (Lipinski definition) is 1. The van der Waals surface area contributed by atoms with Crippen LogP contribution in [-0.2, 0) is 0 Å². The van der Waals surface area contributed by atoms with Gasteiger partial charge in [-0.05, 0) is 25.2 Å². The molecule has 16 heavy (non-hydrogen) atoms. The summed E-state index contributed by atoms with van der Waals surface area (Å²) in [6.07, 6.45) is 15.2. The van der Waals surface area contributed by atoms with Crippen molar-refractivity contribution in [2.75, 3.05) is 0 Å². The zero-order valence-electron chi connectivity index (χ0n) is 10.3. The van der Waals surface area contributed by atoms with Gasteiger partial charge in [0.1, 0.15) is 0 Å². The molecule has 2 aliphatic carbocycles. The van der Waals surface area contributed by atoms with E-state index in [2.05, 4.69) is 43.1 Å². The van der Waals surface area contributed by atoms with Gasteiger partial charge >= 0.3 is 0 Å². The van der Waals surface area contributed by atoms with Crippen molar-refractivity contribution >= 4 is 0 Å². The zero-order valence-corrected chi connectivity index (χ0v) is 10.3. The summed E-state index contributed by atoms with van der Waals surface area (Å²) in [6, 6.07) is 0.663. The van der Waals surface area contributed by atoms with E-state index in [1.165, 1.54) is 31.4 Å². The molecule has 1 saturated carbocycles. The van der Waals surface area contributed by atoms with Crippen molar-refractivity contribution in [3.05, 3.63) is 36.6 Å². The average Bonchev–Trinajstić information content (AvgIpc) is 2.30. The molecule has 2 unspecified atom stereocenters. The second-order valence-corrected chi connectivity index (χ2v) is 5.29. The minimum Gasteiger partial charge on any atom is -0.386 e. The van der Waals surface area contributed by atoms with E-state index in [4.69, 9.17) is 0 Å². The van der Waals surface area contributed by atoms with Crippen molar-refractivity contribution in [3.63, 3.8) is 0 Å². The third kappa shape index (κ3) is 3.01. The van der Waals surface area contributed by atoms with E-state index >= 15 is 0 Å². The Morgan fingerprint density at radius 2 is 2.19 bits per heavy atom. The first-order chi connectivity index (χ1) is 7.75. The molecule has 2 rings (SSSR count). The quantitative estimate of drug-likeness (QED) is 0.758. The van der Waals surface area contributed by atoms with E-state index in [9.17, 15) is 0 Å². The molecule has 0 saturated heterocycles. The predicted octanol–water partition coefficient (Wildman–Crippen LogP) is 3.80. The summed E-state index contributed by atoms with van der Waals surface area (Å²) in [6.45, 7) is 6.56. The Morgan fingerprint density at radius 1 is 1.31 bits per heavy atom. The fourth-order valence-electron chi connectivity index (χ4n) is 2.77. The van der Waals surface area contributed by atoms with Crippen LogP contribution < -0.4 is 5.32 Å². The Kier molecular flexibility index (Phi) is 3.87. The van der Waals surface area contributed by atoms with Crippen molar-refractivity contribution in [1.29, 1.82) is 0 Å². The number of allylic oxidation sites excluding steroid dienone is 4. The first-order valence-corrected chi connectivity index (χ1v) is 6.54. The predicted molar refractivity (Wildman–Crippen MR) is 70.1 cm³/mol. The Bertz CT molecular complexity index is 301. The highest BCUT2D eigenvalue weighted by atomic mass is 14.9. The normalized spacial score (nSPS) is 33.7. The highest BCUT2D eigenvalue weighted by molar-refractivity contribution is 5.19. The Labute approximate surface area is 99.3 Å². The molecule has 0 amide bonds. The van der Waals surface area contributed by atoms with Gasteiger partial charge in [-0.1, -0.05) is 50.6 Å². The largest absolute Gasteiger partial charge is 0.386 e. The molecule has 1 fully saturated rings. The van der Waals surface area contributed by atoms with Gasteiger partial charge in [-0.25, -0.2) is 0 Å². The molecule has 0 spiro atoms. The van der Waals surface area contributed by atoms with Gasteiger partial charge in [-0.3, -0.25) is 0 Å². The summed E-state index contributed by atoms with van der Waals surface area (Å²) in [5.74, 6) is 1.38. The van der Waals surface area contributed by atoms with Crippen LogP contribution in [0.1, 0.15) is 39.0 Å². The molecule has 3 atom stereocenters. The van der Waals surface area contributed by atoms with E-state index in [0.29, 0.717) is 12.0 Å². The summed E-state index contributed by atoms with van der Waals surface area (Å²) in [7, 11) is 0. The number of rotatable bonds is 3. The minimum atomic E-state index is 0.502. The van der Waals surface area contributed by atoms with Gasteiger partial charge in [0.2, 0.25) is 0 Å². The van der Waals surface area contributed by atoms with Crippen molar-refractivity contribution in [2.24, 2.45) is 11.8 Å². The summed E-state index contributed by atoms with van der Waals surface area (Å²) in [4.78, 5) is 0. The van der Waals surface area contributed by atoms with Crippen molar-refractivity contribution in [2.45, 2.75) is 45.1 Å². The van der Waals surface area contributed by atoms with E-state index < -0.39 is 0 Å². The van der Waals surface area contributed by atoms with Crippen molar-refractivity contribution in [1.82, 2.24) is 5.32 Å². The molecule has 0 heterocycles. The van der Waals surface area contributed by atoms with Crippen molar-refractivity contribution < 1.29 is 0 Å². The van der Waals surface area contributed by atoms with Gasteiger partial charge in [0, 0.05) is 17.7 Å². The highest BCUT2D eigenvalue weighted by Crippen LogP contribution is 2.26. The lowest BCUT2D eigenvalue weighted by Crippen LogP contribution is -2.34. The lowest BCUT2D eigenvalue weighted by molar-refractivity contribution is 0.311. The van der Waals surface area contributed by atoms with Crippen LogP contribution in [0.4, 0.5) is 0 Å². The molecule has 2 aliphatic rings. The highest BCUT2D eigenvalue weighted by Gasteiger charge is 2.20. The maximum absolute atomic E-state index is 4.20. The van der Waals surface area contributed by atoms with Crippen LogP contribution in [0.2, 0.25) is 0 Å². The first-order valence-electron chi connectivity index (χ1n) is 6.54. The maximum Gasteiger partial charge on any atom is 0.0260 e. The topological polar surface area (TPSA) is 12.0 Å².